The molecular weight excluding hydrogens is 256 g/mol. The van der Waals surface area contributed by atoms with Crippen molar-refractivity contribution in [3.8, 4) is 6.01 Å². The average Bonchev–Trinajstić information content (AvgIpc) is 2.84. The Labute approximate surface area is 120 Å². The molecule has 1 fully saturated rings. The summed E-state index contributed by atoms with van der Waals surface area (Å²) in [5.74, 6) is 1.12. The van der Waals surface area contributed by atoms with Crippen molar-refractivity contribution in [3.05, 3.63) is 0 Å². The van der Waals surface area contributed by atoms with E-state index >= 15 is 0 Å². The van der Waals surface area contributed by atoms with Gasteiger partial charge in [-0.3, -0.25) is 0 Å². The van der Waals surface area contributed by atoms with Gasteiger partial charge in [-0.05, 0) is 32.9 Å². The minimum atomic E-state index is 0.383. The van der Waals surface area contributed by atoms with Gasteiger partial charge in [-0.15, -0.1) is 0 Å². The maximum Gasteiger partial charge on any atom is 0.323 e. The van der Waals surface area contributed by atoms with E-state index in [2.05, 4.69) is 32.2 Å². The van der Waals surface area contributed by atoms with Crippen LogP contribution in [0.5, 0.6) is 6.01 Å². The molecule has 2 heterocycles. The molecule has 1 aromatic rings. The molecule has 0 bridgehead atoms. The van der Waals surface area contributed by atoms with Crippen molar-refractivity contribution in [1.29, 1.82) is 0 Å². The van der Waals surface area contributed by atoms with Gasteiger partial charge in [-0.1, -0.05) is 0 Å². The fraction of sp³-hybridized carbons (Fsp3) is 0.769. The van der Waals surface area contributed by atoms with Gasteiger partial charge < -0.3 is 19.9 Å². The molecular formula is C13H24N6O. The second kappa shape index (κ2) is 6.69. The lowest BCUT2D eigenvalue weighted by atomic mass is 10.2. The normalized spacial score (nSPS) is 19.1. The number of hydrogen-bond donors (Lipinski definition) is 1. The zero-order chi connectivity index (χ0) is 14.5. The zero-order valence-corrected chi connectivity index (χ0v) is 12.8. The third kappa shape index (κ3) is 3.69. The third-order valence-electron chi connectivity index (χ3n) is 3.58. The summed E-state index contributed by atoms with van der Waals surface area (Å²) in [6.07, 6.45) is 3.54. The van der Waals surface area contributed by atoms with E-state index in [1.54, 1.807) is 7.05 Å². The number of likely N-dealkylation sites (tertiary alicyclic amines) is 1. The highest BCUT2D eigenvalue weighted by atomic mass is 16.5. The van der Waals surface area contributed by atoms with E-state index in [-0.39, 0.29) is 0 Å². The number of aromatic nitrogens is 3. The van der Waals surface area contributed by atoms with Crippen molar-refractivity contribution in [3.63, 3.8) is 0 Å². The van der Waals surface area contributed by atoms with Crippen LogP contribution < -0.4 is 15.0 Å². The zero-order valence-electron chi connectivity index (χ0n) is 12.8. The predicted molar refractivity (Wildman–Crippen MR) is 79.5 cm³/mol. The maximum absolute atomic E-state index is 5.69. The molecule has 1 saturated heterocycles. The van der Waals surface area contributed by atoms with Crippen LogP contribution in [-0.4, -0.2) is 67.2 Å². The van der Waals surface area contributed by atoms with Crippen LogP contribution in [0.25, 0.3) is 0 Å². The number of ether oxygens (including phenoxy) is 1. The molecule has 1 aromatic heterocycles. The quantitative estimate of drug-likeness (QED) is 0.828. The van der Waals surface area contributed by atoms with Crippen molar-refractivity contribution in [2.75, 3.05) is 51.6 Å². The van der Waals surface area contributed by atoms with E-state index in [4.69, 9.17) is 4.74 Å². The van der Waals surface area contributed by atoms with Gasteiger partial charge in [-0.2, -0.15) is 15.0 Å². The lowest BCUT2D eigenvalue weighted by Gasteiger charge is -2.19. The smallest absolute Gasteiger partial charge is 0.323 e. The average molecular weight is 280 g/mol. The highest BCUT2D eigenvalue weighted by molar-refractivity contribution is 5.36. The van der Waals surface area contributed by atoms with E-state index in [0.717, 1.165) is 6.42 Å². The summed E-state index contributed by atoms with van der Waals surface area (Å²) in [7, 11) is 7.74. The fourth-order valence-corrected chi connectivity index (χ4v) is 2.35. The Hall–Kier alpha value is -1.63. The van der Waals surface area contributed by atoms with Crippen molar-refractivity contribution in [2.45, 2.75) is 25.3 Å². The number of nitrogens with one attached hydrogen (secondary N) is 1. The minimum absolute atomic E-state index is 0.383. The van der Waals surface area contributed by atoms with Crippen LogP contribution in [-0.2, 0) is 0 Å². The number of nitrogens with zero attached hydrogens (tertiary/aromatic N) is 5. The van der Waals surface area contributed by atoms with Crippen LogP contribution in [0, 0.1) is 0 Å². The summed E-state index contributed by atoms with van der Waals surface area (Å²) in [6.45, 7) is 1.82. The van der Waals surface area contributed by atoms with Crippen LogP contribution in [0.4, 0.5) is 11.9 Å². The highest BCUT2D eigenvalue weighted by Gasteiger charge is 2.20. The Kier molecular flexibility index (Phi) is 4.94. The Balaban J connectivity index is 1.93. The van der Waals surface area contributed by atoms with Crippen LogP contribution in [0.3, 0.4) is 0 Å². The first-order chi connectivity index (χ1) is 9.60. The molecule has 1 atom stereocenters. The summed E-state index contributed by atoms with van der Waals surface area (Å²) in [4.78, 5) is 17.0. The topological polar surface area (TPSA) is 66.4 Å². The molecule has 7 heteroatoms. The fourth-order valence-electron chi connectivity index (χ4n) is 2.35. The molecule has 0 saturated carbocycles. The molecule has 112 valence electrons. The maximum atomic E-state index is 5.69. The van der Waals surface area contributed by atoms with E-state index in [1.807, 2.05) is 19.0 Å². The summed E-state index contributed by atoms with van der Waals surface area (Å²) in [5.41, 5.74) is 0. The molecule has 1 aliphatic rings. The molecule has 0 aliphatic carbocycles. The van der Waals surface area contributed by atoms with Gasteiger partial charge in [0.25, 0.3) is 0 Å². The Morgan fingerprint density at radius 2 is 2.15 bits per heavy atom. The van der Waals surface area contributed by atoms with Crippen molar-refractivity contribution in [2.24, 2.45) is 0 Å². The molecule has 1 unspecified atom stereocenters. The molecule has 1 aliphatic heterocycles. The van der Waals surface area contributed by atoms with E-state index in [9.17, 15) is 0 Å². The van der Waals surface area contributed by atoms with Gasteiger partial charge in [0.05, 0.1) is 6.61 Å². The third-order valence-corrected chi connectivity index (χ3v) is 3.58. The van der Waals surface area contributed by atoms with Crippen LogP contribution >= 0.6 is 0 Å². The van der Waals surface area contributed by atoms with Gasteiger partial charge in [0, 0.05) is 27.2 Å². The number of hydrogen-bond acceptors (Lipinski definition) is 7. The molecule has 0 radical (unpaired) electrons. The molecule has 2 rings (SSSR count). The van der Waals surface area contributed by atoms with Crippen LogP contribution in [0.15, 0.2) is 0 Å². The summed E-state index contributed by atoms with van der Waals surface area (Å²) >= 11 is 0. The lowest BCUT2D eigenvalue weighted by molar-refractivity contribution is 0.223. The minimum Gasteiger partial charge on any atom is -0.463 e. The highest BCUT2D eigenvalue weighted by Crippen LogP contribution is 2.18. The van der Waals surface area contributed by atoms with Crippen LogP contribution in [0.1, 0.15) is 19.3 Å². The van der Waals surface area contributed by atoms with E-state index in [0.29, 0.717) is 30.6 Å². The SMILES string of the molecule is CNc1nc(OCCC2CCCN2C)nc(N(C)C)n1. The van der Waals surface area contributed by atoms with Gasteiger partial charge >= 0.3 is 6.01 Å². The first kappa shape index (κ1) is 14.8. The first-order valence-corrected chi connectivity index (χ1v) is 7.04. The number of rotatable bonds is 6. The monoisotopic (exact) mass is 280 g/mol. The second-order valence-electron chi connectivity index (χ2n) is 5.30. The first-order valence-electron chi connectivity index (χ1n) is 7.04. The van der Waals surface area contributed by atoms with Gasteiger partial charge in [0.2, 0.25) is 11.9 Å². The lowest BCUT2D eigenvalue weighted by Crippen LogP contribution is -2.26. The summed E-state index contributed by atoms with van der Waals surface area (Å²) < 4.78 is 5.69. The molecule has 20 heavy (non-hydrogen) atoms. The Morgan fingerprint density at radius 1 is 1.35 bits per heavy atom. The Morgan fingerprint density at radius 3 is 2.75 bits per heavy atom. The van der Waals surface area contributed by atoms with Gasteiger partial charge in [0.15, 0.2) is 0 Å². The molecule has 0 amide bonds. The van der Waals surface area contributed by atoms with Crippen molar-refractivity contribution >= 4 is 11.9 Å². The molecule has 7 nitrogen and oxygen atoms in total. The second-order valence-corrected chi connectivity index (χ2v) is 5.30. The standard InChI is InChI=1S/C13H24N6O/c1-14-11-15-12(18(2)3)17-13(16-11)20-9-7-10-6-5-8-19(10)4/h10H,5-9H2,1-4H3,(H,14,15,16,17). The largest absolute Gasteiger partial charge is 0.463 e. The van der Waals surface area contributed by atoms with Crippen LogP contribution in [0.2, 0.25) is 0 Å². The summed E-state index contributed by atoms with van der Waals surface area (Å²) in [5, 5.41) is 2.92. The van der Waals surface area contributed by atoms with Gasteiger partial charge in [-0.25, -0.2) is 0 Å². The number of anilines is 2. The summed E-state index contributed by atoms with van der Waals surface area (Å²) in [6, 6.07) is 1.00. The predicted octanol–water partition coefficient (Wildman–Crippen LogP) is 0.842. The van der Waals surface area contributed by atoms with E-state index in [1.165, 1.54) is 19.4 Å². The Bertz CT molecular complexity index is 439. The van der Waals surface area contributed by atoms with Crippen molar-refractivity contribution in [1.82, 2.24) is 19.9 Å². The van der Waals surface area contributed by atoms with Crippen molar-refractivity contribution < 1.29 is 4.74 Å². The molecule has 0 aromatic carbocycles. The van der Waals surface area contributed by atoms with Gasteiger partial charge in [0.1, 0.15) is 0 Å². The molecule has 0 spiro atoms. The molecule has 1 N–H and O–H groups in total. The van der Waals surface area contributed by atoms with E-state index < -0.39 is 0 Å².